The molecule has 4 rings (SSSR count). The standard InChI is InChI=1S/C24H30N4O9S/c1-27(2)13-8-12(26-38(5,36)37)18(29)15-10(13)6-9-7-11-17(28(3)4)20(31)16(23(25)34)22(33)24(11,35)21(32)14(9)19(15)30/h8-9,11,17,26,29-30,33,35H,6-7H2,1-5H3,(H2,25,34)/t9?,11?,17-,24?/m0/s1. The van der Waals surface area contributed by atoms with Gasteiger partial charge in [-0.25, -0.2) is 8.42 Å². The largest absolute Gasteiger partial charge is 0.508 e. The lowest BCUT2D eigenvalue weighted by atomic mass is 9.57. The number of nitrogens with one attached hydrogen (secondary N) is 1. The van der Waals surface area contributed by atoms with Gasteiger partial charge in [0.1, 0.15) is 17.1 Å². The Morgan fingerprint density at radius 1 is 1.16 bits per heavy atom. The number of aliphatic hydroxyl groups is 3. The van der Waals surface area contributed by atoms with Crippen molar-refractivity contribution in [2.24, 2.45) is 17.6 Å². The smallest absolute Gasteiger partial charge is 0.255 e. The molecule has 206 valence electrons. The number of nitrogens with two attached hydrogens (primary N) is 1. The number of phenolic OH excluding ortho intramolecular Hbond substituents is 1. The first-order valence-corrected chi connectivity index (χ1v) is 13.5. The minimum atomic E-state index is -3.84. The molecule has 13 nitrogen and oxygen atoms in total. The van der Waals surface area contributed by atoms with Crippen LogP contribution in [0.3, 0.4) is 0 Å². The number of aliphatic hydroxyl groups excluding tert-OH is 2. The highest BCUT2D eigenvalue weighted by Gasteiger charge is 2.64. The van der Waals surface area contributed by atoms with Crippen LogP contribution in [-0.4, -0.2) is 97.3 Å². The predicted octanol–water partition coefficient (Wildman–Crippen LogP) is -0.598. The fraction of sp³-hybridized carbons (Fsp3) is 0.458. The Bertz CT molecular complexity index is 1460. The van der Waals surface area contributed by atoms with E-state index in [1.54, 1.807) is 19.0 Å². The second-order valence-corrected chi connectivity index (χ2v) is 12.1. The highest BCUT2D eigenvalue weighted by molar-refractivity contribution is 7.92. The maximum Gasteiger partial charge on any atom is 0.255 e. The summed E-state index contributed by atoms with van der Waals surface area (Å²) in [5.74, 6) is -7.77. The van der Waals surface area contributed by atoms with E-state index in [1.807, 2.05) is 0 Å². The van der Waals surface area contributed by atoms with Crippen LogP contribution in [0.4, 0.5) is 11.4 Å². The third-order valence-electron chi connectivity index (χ3n) is 7.47. The molecule has 1 amide bonds. The van der Waals surface area contributed by atoms with Crippen LogP contribution in [0.25, 0.3) is 5.76 Å². The number of Topliss-reactive ketones (excluding diaryl/α,β-unsaturated/α-hetero) is 2. The summed E-state index contributed by atoms with van der Waals surface area (Å²) in [5, 5.41) is 44.9. The van der Waals surface area contributed by atoms with Crippen molar-refractivity contribution < 1.29 is 43.2 Å². The van der Waals surface area contributed by atoms with Gasteiger partial charge >= 0.3 is 0 Å². The van der Waals surface area contributed by atoms with Gasteiger partial charge in [0.05, 0.1) is 23.5 Å². The first kappa shape index (κ1) is 27.4. The number of carbonyl (C=O) groups is 3. The first-order chi connectivity index (χ1) is 17.4. The van der Waals surface area contributed by atoms with Gasteiger partial charge in [-0.05, 0) is 44.5 Å². The van der Waals surface area contributed by atoms with Crippen LogP contribution in [-0.2, 0) is 30.8 Å². The topological polar surface area (TPSA) is 211 Å². The van der Waals surface area contributed by atoms with Gasteiger partial charge in [0.25, 0.3) is 5.91 Å². The van der Waals surface area contributed by atoms with Gasteiger partial charge in [0, 0.05) is 31.3 Å². The molecule has 0 saturated heterocycles. The van der Waals surface area contributed by atoms with Gasteiger partial charge in [-0.2, -0.15) is 0 Å². The molecule has 3 unspecified atom stereocenters. The van der Waals surface area contributed by atoms with Crippen LogP contribution in [0.5, 0.6) is 5.75 Å². The fourth-order valence-electron chi connectivity index (χ4n) is 5.97. The summed E-state index contributed by atoms with van der Waals surface area (Å²) >= 11 is 0. The lowest BCUT2D eigenvalue weighted by Crippen LogP contribution is -2.65. The van der Waals surface area contributed by atoms with Crippen LogP contribution in [0.1, 0.15) is 17.5 Å². The molecule has 1 aromatic carbocycles. The molecule has 7 N–H and O–H groups in total. The van der Waals surface area contributed by atoms with Crippen molar-refractivity contribution in [3.8, 4) is 5.75 Å². The van der Waals surface area contributed by atoms with Gasteiger partial charge in [0.15, 0.2) is 17.1 Å². The maximum atomic E-state index is 13.9. The zero-order valence-electron chi connectivity index (χ0n) is 21.4. The quantitative estimate of drug-likeness (QED) is 0.201. The molecule has 0 aromatic heterocycles. The number of likely N-dealkylation sites (N-methyl/N-ethyl adjacent to an activating group) is 1. The molecule has 0 spiro atoms. The van der Waals surface area contributed by atoms with E-state index in [1.165, 1.54) is 25.1 Å². The summed E-state index contributed by atoms with van der Waals surface area (Å²) in [6, 6.07) is 0.213. The zero-order chi connectivity index (χ0) is 28.6. The normalized spacial score (nSPS) is 27.2. The second-order valence-electron chi connectivity index (χ2n) is 10.4. The maximum absolute atomic E-state index is 13.9. The van der Waals surface area contributed by atoms with Crippen molar-refractivity contribution in [1.82, 2.24) is 4.90 Å². The highest BCUT2D eigenvalue weighted by atomic mass is 32.2. The molecule has 1 fully saturated rings. The van der Waals surface area contributed by atoms with E-state index in [0.29, 0.717) is 11.3 Å². The van der Waals surface area contributed by atoms with Crippen molar-refractivity contribution in [2.75, 3.05) is 44.1 Å². The SMILES string of the molecule is CN(C)c1cc(NS(C)(=O)=O)c(O)c2c1CC1CC3[C@H](N(C)C)C(=O)C(C(N)=O)=C(O)C3(O)C(=O)C1=C2O. The van der Waals surface area contributed by atoms with Crippen LogP contribution in [0.2, 0.25) is 0 Å². The first-order valence-electron chi connectivity index (χ1n) is 11.6. The highest BCUT2D eigenvalue weighted by Crippen LogP contribution is 2.54. The molecule has 4 atom stereocenters. The van der Waals surface area contributed by atoms with Crippen molar-refractivity contribution in [1.29, 1.82) is 0 Å². The number of aromatic hydroxyl groups is 1. The number of amides is 1. The van der Waals surface area contributed by atoms with Crippen molar-refractivity contribution in [3.05, 3.63) is 34.1 Å². The molecule has 0 aliphatic heterocycles. The lowest BCUT2D eigenvalue weighted by molar-refractivity contribution is -0.153. The summed E-state index contributed by atoms with van der Waals surface area (Å²) in [5.41, 5.74) is 1.75. The number of anilines is 2. The summed E-state index contributed by atoms with van der Waals surface area (Å²) < 4.78 is 26.0. The molecule has 14 heteroatoms. The minimum Gasteiger partial charge on any atom is -0.508 e. The Morgan fingerprint density at radius 3 is 2.26 bits per heavy atom. The van der Waals surface area contributed by atoms with Crippen LogP contribution >= 0.6 is 0 Å². The Hall–Kier alpha value is -3.62. The molecule has 3 aliphatic carbocycles. The number of benzene rings is 1. The monoisotopic (exact) mass is 550 g/mol. The van der Waals surface area contributed by atoms with Gasteiger partial charge in [0.2, 0.25) is 15.8 Å². The molecule has 0 bridgehead atoms. The third kappa shape index (κ3) is 3.82. The van der Waals surface area contributed by atoms with Crippen molar-refractivity contribution >= 4 is 44.6 Å². The minimum absolute atomic E-state index is 0.0528. The van der Waals surface area contributed by atoms with Crippen LogP contribution in [0.15, 0.2) is 23.0 Å². The van der Waals surface area contributed by atoms with Crippen molar-refractivity contribution in [2.45, 2.75) is 24.5 Å². The Labute approximate surface area is 218 Å². The van der Waals surface area contributed by atoms with E-state index >= 15 is 0 Å². The van der Waals surface area contributed by atoms with E-state index in [0.717, 1.165) is 6.26 Å². The molecular formula is C24H30N4O9S. The molecule has 0 heterocycles. The van der Waals surface area contributed by atoms with E-state index in [2.05, 4.69) is 4.72 Å². The van der Waals surface area contributed by atoms with E-state index in [9.17, 15) is 43.2 Å². The lowest BCUT2D eigenvalue weighted by Gasteiger charge is -2.50. The number of carbonyl (C=O) groups excluding carboxylic acids is 3. The molecule has 0 radical (unpaired) electrons. The van der Waals surface area contributed by atoms with Gasteiger partial charge < -0.3 is 31.1 Å². The number of phenols is 1. The summed E-state index contributed by atoms with van der Waals surface area (Å²) in [6.45, 7) is 0. The average molecular weight is 551 g/mol. The zero-order valence-corrected chi connectivity index (χ0v) is 22.3. The predicted molar refractivity (Wildman–Crippen MR) is 137 cm³/mol. The van der Waals surface area contributed by atoms with Gasteiger partial charge in [-0.1, -0.05) is 0 Å². The number of rotatable bonds is 5. The number of nitrogens with zero attached hydrogens (tertiary/aromatic N) is 2. The molecular weight excluding hydrogens is 520 g/mol. The number of ketones is 2. The number of hydrogen-bond donors (Lipinski definition) is 6. The summed E-state index contributed by atoms with van der Waals surface area (Å²) in [6.07, 6.45) is 0.907. The fourth-order valence-corrected chi connectivity index (χ4v) is 6.52. The van der Waals surface area contributed by atoms with E-state index < -0.39 is 73.8 Å². The van der Waals surface area contributed by atoms with E-state index in [4.69, 9.17) is 5.73 Å². The average Bonchev–Trinajstić information content (AvgIpc) is 2.76. The van der Waals surface area contributed by atoms with Crippen molar-refractivity contribution in [3.63, 3.8) is 0 Å². The number of fused-ring (bicyclic) bond motifs is 3. The van der Waals surface area contributed by atoms with Crippen LogP contribution in [0, 0.1) is 11.8 Å². The Balaban J connectivity index is 2.01. The number of primary amides is 1. The summed E-state index contributed by atoms with van der Waals surface area (Å²) in [7, 11) is 2.55. The summed E-state index contributed by atoms with van der Waals surface area (Å²) in [4.78, 5) is 42.2. The van der Waals surface area contributed by atoms with E-state index in [-0.39, 0.29) is 29.7 Å². The molecule has 3 aliphatic rings. The molecule has 1 aromatic rings. The second kappa shape index (κ2) is 8.71. The third-order valence-corrected chi connectivity index (χ3v) is 8.07. The number of sulfonamides is 1. The van der Waals surface area contributed by atoms with Crippen LogP contribution < -0.4 is 15.4 Å². The molecule has 38 heavy (non-hydrogen) atoms. The van der Waals surface area contributed by atoms with Gasteiger partial charge in [-0.15, -0.1) is 0 Å². The Kier molecular flexibility index (Phi) is 6.29. The number of hydrogen-bond acceptors (Lipinski definition) is 11. The Morgan fingerprint density at radius 2 is 1.76 bits per heavy atom. The van der Waals surface area contributed by atoms with Gasteiger partial charge in [-0.3, -0.25) is 24.0 Å². The molecule has 1 saturated carbocycles.